The number of hydrazone groups is 1. The minimum absolute atomic E-state index is 0.0571. The predicted octanol–water partition coefficient (Wildman–Crippen LogP) is 3.87. The molecule has 0 spiro atoms. The molecule has 0 aliphatic carbocycles. The molecule has 0 radical (unpaired) electrons. The highest BCUT2D eigenvalue weighted by atomic mass is 16.3. The maximum absolute atomic E-state index is 11.8. The summed E-state index contributed by atoms with van der Waals surface area (Å²) in [5.74, 6) is -0.0571. The molecule has 3 nitrogen and oxygen atoms in total. The molecular weight excluding hydrogens is 308 g/mol. The fourth-order valence-corrected chi connectivity index (χ4v) is 3.97. The molecule has 1 aliphatic rings. The van der Waals surface area contributed by atoms with Gasteiger partial charge in [-0.3, -0.25) is 0 Å². The highest BCUT2D eigenvalue weighted by Gasteiger charge is 2.36. The molecule has 0 N–H and O–H groups in total. The summed E-state index contributed by atoms with van der Waals surface area (Å²) in [6.07, 6.45) is 2.47. The summed E-state index contributed by atoms with van der Waals surface area (Å²) in [5, 5.41) is 23.5. The highest BCUT2D eigenvalue weighted by molar-refractivity contribution is 6.25. The average Bonchev–Trinajstić information content (AvgIpc) is 2.85. The molecule has 0 aromatic heterocycles. The van der Waals surface area contributed by atoms with Gasteiger partial charge >= 0.3 is 0 Å². The summed E-state index contributed by atoms with van der Waals surface area (Å²) >= 11 is 0. The second-order valence-electron chi connectivity index (χ2n) is 7.47. The molecule has 4 aromatic carbocycles. The van der Waals surface area contributed by atoms with Gasteiger partial charge in [0.2, 0.25) is 6.21 Å². The van der Waals surface area contributed by atoms with Crippen LogP contribution in [0.15, 0.2) is 59.7 Å². The van der Waals surface area contributed by atoms with Crippen molar-refractivity contribution in [1.82, 2.24) is 0 Å². The minimum atomic E-state index is -0.283. The van der Waals surface area contributed by atoms with Gasteiger partial charge in [-0.05, 0) is 43.5 Å². The van der Waals surface area contributed by atoms with Crippen LogP contribution < -0.4 is 5.11 Å². The van der Waals surface area contributed by atoms with Crippen LogP contribution in [0.1, 0.15) is 25.8 Å². The summed E-state index contributed by atoms with van der Waals surface area (Å²) in [6, 6.07) is 19.4. The fraction of sp³-hybridized carbons (Fsp3) is 0.182. The van der Waals surface area contributed by atoms with E-state index in [1.165, 1.54) is 32.3 Å². The van der Waals surface area contributed by atoms with Crippen LogP contribution >= 0.6 is 0 Å². The van der Waals surface area contributed by atoms with Crippen molar-refractivity contribution in [3.63, 3.8) is 0 Å². The van der Waals surface area contributed by atoms with Gasteiger partial charge in [0.1, 0.15) is 0 Å². The van der Waals surface area contributed by atoms with Crippen LogP contribution in [0.25, 0.3) is 32.3 Å². The van der Waals surface area contributed by atoms with Crippen molar-refractivity contribution >= 4 is 44.4 Å². The van der Waals surface area contributed by atoms with Gasteiger partial charge in [0.15, 0.2) is 5.54 Å². The fourth-order valence-electron chi connectivity index (χ4n) is 3.97. The van der Waals surface area contributed by atoms with Crippen LogP contribution in [0.5, 0.6) is 0 Å². The van der Waals surface area contributed by atoms with Gasteiger partial charge < -0.3 is 5.11 Å². The minimum Gasteiger partial charge on any atom is -0.857 e. The Morgan fingerprint density at radius 2 is 1.64 bits per heavy atom. The van der Waals surface area contributed by atoms with Crippen LogP contribution in [-0.2, 0) is 0 Å². The molecule has 0 fully saturated rings. The van der Waals surface area contributed by atoms with Crippen molar-refractivity contribution in [2.45, 2.75) is 25.8 Å². The first kappa shape index (κ1) is 14.4. The first-order valence-electron chi connectivity index (χ1n) is 8.58. The van der Waals surface area contributed by atoms with Crippen LogP contribution in [-0.4, -0.2) is 22.3 Å². The molecule has 25 heavy (non-hydrogen) atoms. The lowest BCUT2D eigenvalue weighted by atomic mass is 9.91. The van der Waals surface area contributed by atoms with Crippen LogP contribution in [0.3, 0.4) is 0 Å². The van der Waals surface area contributed by atoms with Gasteiger partial charge in [0.05, 0.1) is 0 Å². The Morgan fingerprint density at radius 3 is 2.36 bits per heavy atom. The van der Waals surface area contributed by atoms with Crippen molar-refractivity contribution in [1.29, 1.82) is 0 Å². The van der Waals surface area contributed by atoms with E-state index in [0.29, 0.717) is 6.42 Å². The number of rotatable bonds is 1. The van der Waals surface area contributed by atoms with Gasteiger partial charge in [-0.1, -0.05) is 53.2 Å². The Morgan fingerprint density at radius 1 is 0.960 bits per heavy atom. The van der Waals surface area contributed by atoms with E-state index in [9.17, 15) is 5.11 Å². The molecule has 0 saturated carbocycles. The molecule has 1 heterocycles. The number of hydrogen-bond acceptors (Lipinski definition) is 2. The largest absolute Gasteiger partial charge is 0.857 e. The molecule has 0 bridgehead atoms. The first-order chi connectivity index (χ1) is 12.0. The topological polar surface area (TPSA) is 38.4 Å². The smallest absolute Gasteiger partial charge is 0.204 e. The summed E-state index contributed by atoms with van der Waals surface area (Å²) < 4.78 is 1.83. The number of nitrogens with zero attached hydrogens (tertiary/aromatic N) is 2. The molecule has 5 rings (SSSR count). The lowest BCUT2D eigenvalue weighted by Crippen LogP contribution is -2.31. The van der Waals surface area contributed by atoms with E-state index in [-0.39, 0.29) is 11.4 Å². The molecule has 1 aliphatic heterocycles. The Bertz CT molecular complexity index is 1200. The maximum atomic E-state index is 11.8. The van der Waals surface area contributed by atoms with E-state index in [2.05, 4.69) is 73.5 Å². The molecule has 0 atom stereocenters. The predicted molar refractivity (Wildman–Crippen MR) is 102 cm³/mol. The van der Waals surface area contributed by atoms with Crippen LogP contribution in [0.2, 0.25) is 0 Å². The molecule has 0 unspecified atom stereocenters. The zero-order valence-corrected chi connectivity index (χ0v) is 14.3. The quantitative estimate of drug-likeness (QED) is 0.386. The number of benzene rings is 4. The zero-order chi connectivity index (χ0) is 17.2. The number of hydrogen-bond donors (Lipinski definition) is 0. The third kappa shape index (κ3) is 2.05. The highest BCUT2D eigenvalue weighted by Crippen LogP contribution is 2.36. The van der Waals surface area contributed by atoms with Gasteiger partial charge in [0.25, 0.3) is 0 Å². The Hall–Kier alpha value is -2.94. The van der Waals surface area contributed by atoms with E-state index >= 15 is 0 Å². The van der Waals surface area contributed by atoms with Crippen LogP contribution in [0.4, 0.5) is 0 Å². The third-order valence-corrected chi connectivity index (χ3v) is 5.22. The van der Waals surface area contributed by atoms with Crippen molar-refractivity contribution in [3.8, 4) is 0 Å². The van der Waals surface area contributed by atoms with Crippen molar-refractivity contribution in [3.05, 3.63) is 60.2 Å². The molecule has 3 heteroatoms. The van der Waals surface area contributed by atoms with E-state index in [1.807, 2.05) is 10.9 Å². The van der Waals surface area contributed by atoms with E-state index in [0.717, 1.165) is 5.56 Å². The monoisotopic (exact) mass is 326 g/mol. The van der Waals surface area contributed by atoms with Gasteiger partial charge in [-0.2, -0.15) is 0 Å². The van der Waals surface area contributed by atoms with Crippen molar-refractivity contribution in [2.75, 3.05) is 0 Å². The standard InChI is InChI=1S/C22H18N2O/c1-22(2)12-19(25)23-24(22)13-17-11-16-7-3-5-14-9-10-15-6-4-8-18(17)21(15)20(14)16/h3-11,13H,12H2,1-2H3/b24-13-. The van der Waals surface area contributed by atoms with Gasteiger partial charge in [-0.15, -0.1) is 0 Å². The summed E-state index contributed by atoms with van der Waals surface area (Å²) in [5.41, 5.74) is 0.817. The first-order valence-corrected chi connectivity index (χ1v) is 8.58. The molecule has 0 saturated heterocycles. The normalized spacial score (nSPS) is 18.6. The second-order valence-corrected chi connectivity index (χ2v) is 7.47. The summed E-state index contributed by atoms with van der Waals surface area (Å²) in [6.45, 7) is 4.10. The van der Waals surface area contributed by atoms with E-state index in [1.54, 1.807) is 0 Å². The van der Waals surface area contributed by atoms with Crippen LogP contribution in [0, 0.1) is 0 Å². The summed E-state index contributed by atoms with van der Waals surface area (Å²) in [7, 11) is 0. The zero-order valence-electron chi connectivity index (χ0n) is 14.3. The SMILES string of the molecule is CC1(C)CC([O-])=N/[N+]1=C\c1cc2cccc3ccc4cccc1c4c32. The van der Waals surface area contributed by atoms with E-state index in [4.69, 9.17) is 0 Å². The molecule has 4 aromatic rings. The van der Waals surface area contributed by atoms with Gasteiger partial charge in [0, 0.05) is 31.7 Å². The lowest BCUT2D eigenvalue weighted by Gasteiger charge is -2.14. The average molecular weight is 326 g/mol. The van der Waals surface area contributed by atoms with E-state index < -0.39 is 0 Å². The maximum Gasteiger partial charge on any atom is 0.204 e. The molecular formula is C22H18N2O. The summed E-state index contributed by atoms with van der Waals surface area (Å²) in [4.78, 5) is 0. The third-order valence-electron chi connectivity index (χ3n) is 5.22. The lowest BCUT2D eigenvalue weighted by molar-refractivity contribution is -0.591. The second kappa shape index (κ2) is 4.79. The molecule has 122 valence electrons. The Labute approximate surface area is 145 Å². The Kier molecular flexibility index (Phi) is 2.76. The van der Waals surface area contributed by atoms with Crippen molar-refractivity contribution in [2.24, 2.45) is 5.10 Å². The Balaban J connectivity index is 1.91. The molecule has 0 amide bonds. The van der Waals surface area contributed by atoms with Crippen molar-refractivity contribution < 1.29 is 9.79 Å². The van der Waals surface area contributed by atoms with Gasteiger partial charge in [-0.25, -0.2) is 0 Å².